The molecule has 0 aromatic heterocycles. The first-order valence-electron chi connectivity index (χ1n) is 14.4. The van der Waals surface area contributed by atoms with E-state index in [0.29, 0.717) is 18.6 Å². The van der Waals surface area contributed by atoms with Crippen LogP contribution in [0.25, 0.3) is 11.1 Å². The van der Waals surface area contributed by atoms with Crippen LogP contribution in [0.2, 0.25) is 0 Å². The number of phenolic OH excluding ortho intramolecular Hbond substituents is 1. The van der Waals surface area contributed by atoms with E-state index in [-0.39, 0.29) is 17.1 Å². The number of hydrogen-bond acceptors (Lipinski definition) is 6. The molecule has 0 aliphatic heterocycles. The number of benzene rings is 3. The van der Waals surface area contributed by atoms with E-state index >= 15 is 0 Å². The summed E-state index contributed by atoms with van der Waals surface area (Å²) < 4.78 is 5.65. The molecule has 0 atom stereocenters. The van der Waals surface area contributed by atoms with Gasteiger partial charge >= 0.3 is 0 Å². The summed E-state index contributed by atoms with van der Waals surface area (Å²) in [5.41, 5.74) is 4.13. The molecule has 0 saturated carbocycles. The molecule has 0 aliphatic carbocycles. The quantitative estimate of drug-likeness (QED) is 0.166. The molecule has 0 saturated heterocycles. The molecule has 3 aromatic carbocycles. The highest BCUT2D eigenvalue weighted by molar-refractivity contribution is 6.00. The predicted octanol–water partition coefficient (Wildman–Crippen LogP) is 8.11. The maximum Gasteiger partial charge on any atom is 0.161 e. The van der Waals surface area contributed by atoms with Crippen LogP contribution in [0.3, 0.4) is 0 Å². The number of carbonyl (C=O) groups excluding carboxylic acids is 2. The Hall–Kier alpha value is -3.64. The third kappa shape index (κ3) is 12.5. The minimum atomic E-state index is -0.0112. The first kappa shape index (κ1) is 34.4. The average molecular weight is 549 g/mol. The van der Waals surface area contributed by atoms with Gasteiger partial charge in [0.15, 0.2) is 12.1 Å². The summed E-state index contributed by atoms with van der Waals surface area (Å²) in [5, 5.41) is 12.5. The minimum absolute atomic E-state index is 0.0112. The number of phenols is 1. The summed E-state index contributed by atoms with van der Waals surface area (Å²) in [6.07, 6.45) is 5.42. The van der Waals surface area contributed by atoms with E-state index in [9.17, 15) is 14.7 Å². The summed E-state index contributed by atoms with van der Waals surface area (Å²) >= 11 is 0. The normalized spacial score (nSPS) is 10.1. The van der Waals surface area contributed by atoms with E-state index in [4.69, 9.17) is 4.74 Å². The second kappa shape index (κ2) is 20.3. The summed E-state index contributed by atoms with van der Waals surface area (Å²) in [6.45, 7) is 13.9. The largest absolute Gasteiger partial charge is 0.507 e. The number of ketones is 1. The molecule has 40 heavy (non-hydrogen) atoms. The van der Waals surface area contributed by atoms with Crippen LogP contribution in [-0.2, 0) is 0 Å². The van der Waals surface area contributed by atoms with Crippen LogP contribution in [0.5, 0.6) is 11.5 Å². The maximum absolute atomic E-state index is 11.4. The lowest BCUT2D eigenvalue weighted by atomic mass is 10.0. The number of nitrogens with zero attached hydrogens (tertiary/aromatic N) is 1. The number of ether oxygens (including phenoxy) is 1. The predicted molar refractivity (Wildman–Crippen MR) is 168 cm³/mol. The molecule has 0 amide bonds. The van der Waals surface area contributed by atoms with Crippen molar-refractivity contribution in [2.75, 3.05) is 38.6 Å². The minimum Gasteiger partial charge on any atom is -0.507 e. The molecule has 0 aliphatic rings. The Balaban J connectivity index is 0.000000367. The van der Waals surface area contributed by atoms with Gasteiger partial charge in [-0.15, -0.1) is 0 Å². The molecule has 0 radical (unpaired) electrons. The smallest absolute Gasteiger partial charge is 0.161 e. The van der Waals surface area contributed by atoms with Crippen LogP contribution in [0.15, 0.2) is 66.7 Å². The zero-order valence-corrected chi connectivity index (χ0v) is 25.2. The first-order chi connectivity index (χ1) is 19.3. The number of anilines is 1. The lowest BCUT2D eigenvalue weighted by Crippen LogP contribution is -2.30. The second-order valence-electron chi connectivity index (χ2n) is 9.52. The van der Waals surface area contributed by atoms with Crippen LogP contribution in [0.1, 0.15) is 81.0 Å². The number of unbranched alkanes of at least 4 members (excludes halogenated alkanes) is 1. The highest BCUT2D eigenvalue weighted by atomic mass is 16.5. The van der Waals surface area contributed by atoms with Crippen molar-refractivity contribution in [3.05, 3.63) is 77.9 Å². The van der Waals surface area contributed by atoms with Crippen LogP contribution < -0.4 is 10.1 Å². The van der Waals surface area contributed by atoms with Crippen molar-refractivity contribution in [3.63, 3.8) is 0 Å². The standard InChI is InChI=1S/C16H25NO3.C15H15NO.C3H8/c1-3-5-9-17(8-4-2)10-11-20-15-6-7-16(19)14(12-15)13-18;1-11(17)14-9-8-13(10-15(14)16-2)12-6-4-3-5-7-12;1-3-2/h6-7,12-13,19H,3-5,8-11H2,1-2H3;3-10,16H,1-2H3;3H2,1-2H3. The molecular formula is C34H48N2O4. The van der Waals surface area contributed by atoms with Crippen molar-refractivity contribution in [1.29, 1.82) is 0 Å². The number of aromatic hydroxyl groups is 1. The molecule has 0 bridgehead atoms. The number of rotatable bonds is 13. The van der Waals surface area contributed by atoms with Gasteiger partial charge in [0.05, 0.1) is 5.56 Å². The molecule has 6 nitrogen and oxygen atoms in total. The SMILES string of the molecule is CCC.CCCCN(CCC)CCOc1ccc(O)c(C=O)c1.CNc1cc(-c2ccccc2)ccc1C(C)=O. The van der Waals surface area contributed by atoms with Crippen molar-refractivity contribution in [1.82, 2.24) is 4.90 Å². The van der Waals surface area contributed by atoms with Gasteiger partial charge in [-0.1, -0.05) is 76.9 Å². The molecule has 3 rings (SSSR count). The summed E-state index contributed by atoms with van der Waals surface area (Å²) in [4.78, 5) is 24.6. The van der Waals surface area contributed by atoms with Gasteiger partial charge in [-0.25, -0.2) is 0 Å². The molecular weight excluding hydrogens is 500 g/mol. The Morgan fingerprint density at radius 1 is 0.900 bits per heavy atom. The van der Waals surface area contributed by atoms with Gasteiger partial charge in [0.2, 0.25) is 0 Å². The Bertz CT molecular complexity index is 1130. The van der Waals surface area contributed by atoms with Crippen LogP contribution >= 0.6 is 0 Å². The van der Waals surface area contributed by atoms with E-state index in [2.05, 4.69) is 50.0 Å². The Labute approximate surface area is 241 Å². The average Bonchev–Trinajstić information content (AvgIpc) is 2.97. The summed E-state index contributed by atoms with van der Waals surface area (Å²) in [7, 11) is 1.83. The van der Waals surface area contributed by atoms with E-state index in [0.717, 1.165) is 48.4 Å². The molecule has 0 unspecified atom stereocenters. The Morgan fingerprint density at radius 2 is 1.60 bits per heavy atom. The highest BCUT2D eigenvalue weighted by Gasteiger charge is 2.08. The third-order valence-corrected chi connectivity index (χ3v) is 5.95. The van der Waals surface area contributed by atoms with Gasteiger partial charge in [-0.2, -0.15) is 0 Å². The van der Waals surface area contributed by atoms with E-state index < -0.39 is 0 Å². The number of aldehydes is 1. The van der Waals surface area contributed by atoms with Crippen molar-refractivity contribution in [3.8, 4) is 22.6 Å². The van der Waals surface area contributed by atoms with Gasteiger partial charge in [0, 0.05) is 24.8 Å². The topological polar surface area (TPSA) is 78.9 Å². The monoisotopic (exact) mass is 548 g/mol. The molecule has 0 heterocycles. The van der Waals surface area contributed by atoms with Crippen molar-refractivity contribution in [2.45, 2.75) is 60.3 Å². The zero-order valence-electron chi connectivity index (χ0n) is 25.2. The first-order valence-corrected chi connectivity index (χ1v) is 14.4. The number of hydrogen-bond donors (Lipinski definition) is 2. The lowest BCUT2D eigenvalue weighted by molar-refractivity contribution is 0.101. The van der Waals surface area contributed by atoms with Crippen LogP contribution in [-0.4, -0.2) is 55.4 Å². The van der Waals surface area contributed by atoms with Crippen molar-refractivity contribution >= 4 is 17.8 Å². The zero-order chi connectivity index (χ0) is 29.8. The Kier molecular flexibility index (Phi) is 17.4. The summed E-state index contributed by atoms with van der Waals surface area (Å²) in [5.74, 6) is 0.689. The van der Waals surface area contributed by atoms with E-state index in [1.165, 1.54) is 25.3 Å². The van der Waals surface area contributed by atoms with E-state index in [1.807, 2.05) is 43.4 Å². The third-order valence-electron chi connectivity index (χ3n) is 5.95. The molecule has 3 aromatic rings. The van der Waals surface area contributed by atoms with E-state index in [1.54, 1.807) is 19.1 Å². The van der Waals surface area contributed by atoms with Gasteiger partial charge in [0.25, 0.3) is 0 Å². The lowest BCUT2D eigenvalue weighted by Gasteiger charge is -2.21. The Morgan fingerprint density at radius 3 is 2.17 bits per heavy atom. The molecule has 6 heteroatoms. The number of carbonyl (C=O) groups is 2. The van der Waals surface area contributed by atoms with Gasteiger partial charge in [-0.05, 0) is 74.3 Å². The molecule has 2 N–H and O–H groups in total. The fraction of sp³-hybridized carbons (Fsp3) is 0.412. The van der Waals surface area contributed by atoms with Crippen molar-refractivity contribution < 1.29 is 19.4 Å². The molecule has 0 spiro atoms. The fourth-order valence-corrected chi connectivity index (χ4v) is 3.91. The maximum atomic E-state index is 11.4. The highest BCUT2D eigenvalue weighted by Crippen LogP contribution is 2.25. The molecule has 218 valence electrons. The van der Waals surface area contributed by atoms with Crippen LogP contribution in [0, 0.1) is 0 Å². The second-order valence-corrected chi connectivity index (χ2v) is 9.52. The summed E-state index contributed by atoms with van der Waals surface area (Å²) in [6, 6.07) is 20.7. The molecule has 0 fully saturated rings. The fourth-order valence-electron chi connectivity index (χ4n) is 3.91. The van der Waals surface area contributed by atoms with Crippen LogP contribution in [0.4, 0.5) is 5.69 Å². The van der Waals surface area contributed by atoms with Gasteiger partial charge in [-0.3, -0.25) is 14.5 Å². The van der Waals surface area contributed by atoms with Gasteiger partial charge in [0.1, 0.15) is 18.1 Å². The van der Waals surface area contributed by atoms with Gasteiger partial charge < -0.3 is 15.2 Å². The number of Topliss-reactive ketones (excluding diaryl/α,β-unsaturated/α-hetero) is 1. The number of nitrogens with one attached hydrogen (secondary N) is 1. The van der Waals surface area contributed by atoms with Crippen molar-refractivity contribution in [2.24, 2.45) is 0 Å².